The summed E-state index contributed by atoms with van der Waals surface area (Å²) in [6.07, 6.45) is 0. The minimum Gasteiger partial charge on any atom is -0.327 e. The Morgan fingerprint density at radius 2 is 1.88 bits per heavy atom. The predicted molar refractivity (Wildman–Crippen MR) is 89.3 cm³/mol. The second-order valence-electron chi connectivity index (χ2n) is 5.46. The van der Waals surface area contributed by atoms with Crippen LogP contribution in [0.3, 0.4) is 0 Å². The second-order valence-corrected chi connectivity index (χ2v) is 5.90. The summed E-state index contributed by atoms with van der Waals surface area (Å²) in [5.41, 5.74) is 1.74. The van der Waals surface area contributed by atoms with Gasteiger partial charge in [-0.15, -0.1) is 0 Å². The van der Waals surface area contributed by atoms with E-state index in [4.69, 9.17) is 11.6 Å². The highest BCUT2D eigenvalue weighted by Crippen LogP contribution is 2.30. The lowest BCUT2D eigenvalue weighted by molar-refractivity contribution is 0.102. The van der Waals surface area contributed by atoms with Gasteiger partial charge in [-0.1, -0.05) is 23.7 Å². The van der Waals surface area contributed by atoms with Crippen LogP contribution in [-0.4, -0.2) is 11.8 Å². The molecule has 2 amide bonds. The van der Waals surface area contributed by atoms with Crippen LogP contribution in [0.2, 0.25) is 5.02 Å². The molecular weight excluding hydrogens is 331 g/mol. The maximum Gasteiger partial charge on any atom is 0.319 e. The Balaban J connectivity index is 2.06. The van der Waals surface area contributed by atoms with Gasteiger partial charge in [0.25, 0.3) is 0 Å². The van der Waals surface area contributed by atoms with Gasteiger partial charge >= 0.3 is 6.03 Å². The Morgan fingerprint density at radius 3 is 2.54 bits per heavy atom. The lowest BCUT2D eigenvalue weighted by Crippen LogP contribution is -2.45. The van der Waals surface area contributed by atoms with Crippen LogP contribution in [0.15, 0.2) is 59.8 Å². The van der Waals surface area contributed by atoms with E-state index in [1.807, 2.05) is 0 Å². The number of allylic oxidation sites excluding steroid dienone is 1. The van der Waals surface area contributed by atoms with Gasteiger partial charge in [0.1, 0.15) is 5.82 Å². The van der Waals surface area contributed by atoms with Gasteiger partial charge in [-0.25, -0.2) is 9.18 Å². The molecule has 0 aromatic heterocycles. The normalized spacial score (nSPS) is 17.3. The summed E-state index contributed by atoms with van der Waals surface area (Å²) in [5, 5.41) is 5.80. The predicted octanol–water partition coefficient (Wildman–Crippen LogP) is 3.99. The Labute approximate surface area is 143 Å². The average molecular weight is 345 g/mol. The molecule has 1 heterocycles. The van der Waals surface area contributed by atoms with E-state index in [0.717, 1.165) is 0 Å². The Morgan fingerprint density at radius 1 is 1.17 bits per heavy atom. The number of halogens is 2. The molecule has 1 atom stereocenters. The van der Waals surface area contributed by atoms with Crippen LogP contribution in [0.5, 0.6) is 0 Å². The molecule has 24 heavy (non-hydrogen) atoms. The minimum absolute atomic E-state index is 0.258. The van der Waals surface area contributed by atoms with Crippen LogP contribution >= 0.6 is 11.6 Å². The number of Topliss-reactive ketones (excluding diaryl/α,β-unsaturated/α-hetero) is 1. The van der Waals surface area contributed by atoms with Crippen molar-refractivity contribution in [1.29, 1.82) is 0 Å². The number of carbonyl (C=O) groups is 2. The number of hydrogen-bond acceptors (Lipinski definition) is 2. The van der Waals surface area contributed by atoms with Crippen molar-refractivity contribution in [2.75, 3.05) is 0 Å². The van der Waals surface area contributed by atoms with Crippen LogP contribution < -0.4 is 10.6 Å². The molecule has 0 unspecified atom stereocenters. The first-order chi connectivity index (χ1) is 11.5. The SMILES string of the molecule is CC1=C(C(=O)c2ccc(Cl)cc2)[C@H](c2cccc(F)c2)NC(=O)N1. The third kappa shape index (κ3) is 3.16. The standard InChI is InChI=1S/C18H14ClFN2O2/c1-10-15(17(23)11-5-7-13(19)8-6-11)16(22-18(24)21-10)12-3-2-4-14(20)9-12/h2-9,16H,1H3,(H2,21,22,24)/t16-/m0/s1. The maximum absolute atomic E-state index is 13.6. The molecule has 2 aromatic rings. The Hall–Kier alpha value is -2.66. The third-order valence-corrected chi connectivity index (χ3v) is 4.05. The zero-order chi connectivity index (χ0) is 17.3. The van der Waals surface area contributed by atoms with Gasteiger partial charge in [0.15, 0.2) is 5.78 Å². The highest BCUT2D eigenvalue weighted by molar-refractivity contribution is 6.30. The van der Waals surface area contributed by atoms with Crippen LogP contribution in [0.1, 0.15) is 28.9 Å². The van der Waals surface area contributed by atoms with Gasteiger partial charge in [-0.2, -0.15) is 0 Å². The molecule has 122 valence electrons. The van der Waals surface area contributed by atoms with Crippen molar-refractivity contribution in [3.8, 4) is 0 Å². The number of carbonyl (C=O) groups excluding carboxylic acids is 2. The molecule has 0 fully saturated rings. The summed E-state index contributed by atoms with van der Waals surface area (Å²) < 4.78 is 13.6. The second kappa shape index (κ2) is 6.45. The van der Waals surface area contributed by atoms with Crippen molar-refractivity contribution in [3.05, 3.63) is 81.8 Å². The van der Waals surface area contributed by atoms with E-state index in [2.05, 4.69) is 10.6 Å². The van der Waals surface area contributed by atoms with Crippen molar-refractivity contribution >= 4 is 23.4 Å². The molecule has 6 heteroatoms. The molecule has 1 aliphatic heterocycles. The Bertz CT molecular complexity index is 846. The van der Waals surface area contributed by atoms with Gasteiger partial charge in [0, 0.05) is 21.9 Å². The molecule has 0 aliphatic carbocycles. The zero-order valence-corrected chi connectivity index (χ0v) is 13.5. The van der Waals surface area contributed by atoms with Crippen molar-refractivity contribution in [3.63, 3.8) is 0 Å². The number of hydrogen-bond donors (Lipinski definition) is 2. The van der Waals surface area contributed by atoms with Crippen LogP contribution in [0, 0.1) is 5.82 Å². The van der Waals surface area contributed by atoms with Crippen LogP contribution in [0.4, 0.5) is 9.18 Å². The lowest BCUT2D eigenvalue weighted by atomic mass is 9.89. The van der Waals surface area contributed by atoms with Gasteiger partial charge in [0.2, 0.25) is 0 Å². The molecule has 2 N–H and O–H groups in total. The number of nitrogens with one attached hydrogen (secondary N) is 2. The molecule has 0 bridgehead atoms. The summed E-state index contributed by atoms with van der Waals surface area (Å²) in [6.45, 7) is 1.65. The fourth-order valence-electron chi connectivity index (χ4n) is 2.69. The number of rotatable bonds is 3. The minimum atomic E-state index is -0.724. The quantitative estimate of drug-likeness (QED) is 0.827. The van der Waals surface area contributed by atoms with Crippen molar-refractivity contribution in [1.82, 2.24) is 10.6 Å². The van der Waals surface area contributed by atoms with E-state index in [1.54, 1.807) is 43.3 Å². The first kappa shape index (κ1) is 16.2. The first-order valence-corrected chi connectivity index (χ1v) is 7.67. The number of ketones is 1. The summed E-state index contributed by atoms with van der Waals surface area (Å²) in [7, 11) is 0. The van der Waals surface area contributed by atoms with E-state index in [-0.39, 0.29) is 5.78 Å². The average Bonchev–Trinajstić information content (AvgIpc) is 2.54. The van der Waals surface area contributed by atoms with Gasteiger partial charge in [0.05, 0.1) is 6.04 Å². The molecule has 0 radical (unpaired) electrons. The van der Waals surface area contributed by atoms with Crippen molar-refractivity contribution in [2.45, 2.75) is 13.0 Å². The largest absolute Gasteiger partial charge is 0.327 e. The lowest BCUT2D eigenvalue weighted by Gasteiger charge is -2.28. The molecule has 0 spiro atoms. The summed E-state index contributed by atoms with van der Waals surface area (Å²) >= 11 is 5.86. The smallest absolute Gasteiger partial charge is 0.319 e. The molecule has 1 aliphatic rings. The highest BCUT2D eigenvalue weighted by atomic mass is 35.5. The Kier molecular flexibility index (Phi) is 4.36. The van der Waals surface area contributed by atoms with Gasteiger partial charge in [-0.3, -0.25) is 4.79 Å². The third-order valence-electron chi connectivity index (χ3n) is 3.80. The highest BCUT2D eigenvalue weighted by Gasteiger charge is 2.31. The summed E-state index contributed by atoms with van der Waals surface area (Å²) in [6, 6.07) is 11.1. The molecule has 3 rings (SSSR count). The van der Waals surface area contributed by atoms with E-state index in [1.165, 1.54) is 12.1 Å². The maximum atomic E-state index is 13.6. The number of amides is 2. The zero-order valence-electron chi connectivity index (χ0n) is 12.8. The fourth-order valence-corrected chi connectivity index (χ4v) is 2.81. The van der Waals surface area contributed by atoms with E-state index < -0.39 is 17.9 Å². The van der Waals surface area contributed by atoms with E-state index in [0.29, 0.717) is 27.4 Å². The number of urea groups is 1. The first-order valence-electron chi connectivity index (χ1n) is 7.29. The molecular formula is C18H14ClFN2O2. The summed E-state index contributed by atoms with van der Waals surface area (Å²) in [5.74, 6) is -0.692. The van der Waals surface area contributed by atoms with E-state index >= 15 is 0 Å². The van der Waals surface area contributed by atoms with Crippen molar-refractivity contribution < 1.29 is 14.0 Å². The van der Waals surface area contributed by atoms with E-state index in [9.17, 15) is 14.0 Å². The van der Waals surface area contributed by atoms with Gasteiger partial charge in [-0.05, 0) is 48.9 Å². The fraction of sp³-hybridized carbons (Fsp3) is 0.111. The van der Waals surface area contributed by atoms with Crippen LogP contribution in [0.25, 0.3) is 0 Å². The molecule has 4 nitrogen and oxygen atoms in total. The molecule has 2 aromatic carbocycles. The van der Waals surface area contributed by atoms with Crippen molar-refractivity contribution in [2.24, 2.45) is 0 Å². The monoisotopic (exact) mass is 344 g/mol. The molecule has 0 saturated carbocycles. The van der Waals surface area contributed by atoms with Gasteiger partial charge < -0.3 is 10.6 Å². The molecule has 0 saturated heterocycles. The number of benzene rings is 2. The summed E-state index contributed by atoms with van der Waals surface area (Å²) in [4.78, 5) is 24.7. The van der Waals surface area contributed by atoms with Crippen LogP contribution in [-0.2, 0) is 0 Å². The topological polar surface area (TPSA) is 58.2 Å².